The highest BCUT2D eigenvalue weighted by molar-refractivity contribution is 7.16. The Bertz CT molecular complexity index is 1110. The maximum Gasteiger partial charge on any atom is 0.471 e. The number of halogens is 5. The molecule has 1 atom stereocenters. The molecule has 3 rings (SSSR count). The lowest BCUT2D eigenvalue weighted by atomic mass is 10.1. The van der Waals surface area contributed by atoms with E-state index in [1.54, 1.807) is 0 Å². The lowest BCUT2D eigenvalue weighted by molar-refractivity contribution is -0.171. The summed E-state index contributed by atoms with van der Waals surface area (Å²) in [5.74, 6) is -3.95. The number of rotatable bonds is 5. The van der Waals surface area contributed by atoms with Crippen LogP contribution in [0.25, 0.3) is 0 Å². The number of hydrogen-bond donors (Lipinski definition) is 3. The van der Waals surface area contributed by atoms with Crippen molar-refractivity contribution in [3.05, 3.63) is 55.7 Å². The van der Waals surface area contributed by atoms with E-state index in [1.165, 1.54) is 40.5 Å². The number of carbonyl (C=O) groups excluding carboxylic acids is 3. The predicted octanol–water partition coefficient (Wildman–Crippen LogP) is 3.33. The van der Waals surface area contributed by atoms with Gasteiger partial charge < -0.3 is 20.3 Å². The Morgan fingerprint density at radius 1 is 1.15 bits per heavy atom. The van der Waals surface area contributed by atoms with Crippen LogP contribution in [0.3, 0.4) is 0 Å². The Morgan fingerprint density at radius 3 is 2.44 bits per heavy atom. The molecule has 1 saturated heterocycles. The molecule has 0 radical (unpaired) electrons. The van der Waals surface area contributed by atoms with Crippen LogP contribution >= 0.6 is 34.5 Å². The second kappa shape index (κ2) is 10.7. The zero-order valence-electron chi connectivity index (χ0n) is 17.2. The lowest BCUT2D eigenvalue weighted by Crippen LogP contribution is -2.53. The number of ether oxygens (including phenoxy) is 1. The van der Waals surface area contributed by atoms with Gasteiger partial charge in [-0.2, -0.15) is 13.2 Å². The molecular formula is C20H17Cl2F3N4O4S. The number of carbonyl (C=O) groups is 3. The van der Waals surface area contributed by atoms with Gasteiger partial charge in [0.25, 0.3) is 11.8 Å². The van der Waals surface area contributed by atoms with Crippen LogP contribution in [0.15, 0.2) is 30.3 Å². The smallest absolute Gasteiger partial charge is 0.377 e. The van der Waals surface area contributed by atoms with Gasteiger partial charge in [0, 0.05) is 28.7 Å². The zero-order valence-corrected chi connectivity index (χ0v) is 19.5. The van der Waals surface area contributed by atoms with Gasteiger partial charge in [-0.3, -0.25) is 19.8 Å². The fourth-order valence-electron chi connectivity index (χ4n) is 3.07. The van der Waals surface area contributed by atoms with Crippen molar-refractivity contribution in [2.45, 2.75) is 12.2 Å². The van der Waals surface area contributed by atoms with Crippen molar-refractivity contribution in [3.8, 4) is 0 Å². The van der Waals surface area contributed by atoms with E-state index < -0.39 is 29.9 Å². The van der Waals surface area contributed by atoms with Crippen molar-refractivity contribution in [1.82, 2.24) is 15.5 Å². The quantitative estimate of drug-likeness (QED) is 0.402. The molecule has 0 spiro atoms. The van der Waals surface area contributed by atoms with E-state index in [-0.39, 0.29) is 40.9 Å². The molecule has 1 aromatic carbocycles. The Balaban J connectivity index is 1.62. The van der Waals surface area contributed by atoms with Crippen molar-refractivity contribution in [2.75, 3.05) is 26.3 Å². The van der Waals surface area contributed by atoms with E-state index >= 15 is 0 Å². The molecule has 3 amide bonds. The Labute approximate surface area is 205 Å². The number of morpholine rings is 1. The van der Waals surface area contributed by atoms with Crippen molar-refractivity contribution in [2.24, 2.45) is 0 Å². The normalized spacial score (nSPS) is 16.1. The average molecular weight is 537 g/mol. The molecule has 1 aliphatic rings. The van der Waals surface area contributed by atoms with Crippen LogP contribution in [0, 0.1) is 5.41 Å². The number of hydrogen-bond acceptors (Lipinski definition) is 6. The third-order valence-corrected chi connectivity index (χ3v) is 6.21. The summed E-state index contributed by atoms with van der Waals surface area (Å²) in [5.41, 5.74) is 0.290. The van der Waals surface area contributed by atoms with Gasteiger partial charge in [-0.15, -0.1) is 11.3 Å². The van der Waals surface area contributed by atoms with Crippen LogP contribution < -0.4 is 10.6 Å². The molecule has 182 valence electrons. The van der Waals surface area contributed by atoms with E-state index in [9.17, 15) is 27.6 Å². The van der Waals surface area contributed by atoms with Crippen LogP contribution in [0.5, 0.6) is 0 Å². The number of nitrogens with one attached hydrogen (secondary N) is 3. The number of nitrogens with zero attached hydrogens (tertiary/aromatic N) is 1. The fourth-order valence-corrected chi connectivity index (χ4v) is 4.43. The van der Waals surface area contributed by atoms with E-state index in [4.69, 9.17) is 33.3 Å². The van der Waals surface area contributed by atoms with E-state index in [1.807, 2.05) is 0 Å². The summed E-state index contributed by atoms with van der Waals surface area (Å²) in [6.07, 6.45) is -5.13. The first-order valence-corrected chi connectivity index (χ1v) is 11.2. The monoisotopic (exact) mass is 536 g/mol. The second-order valence-corrected chi connectivity index (χ2v) is 9.04. The van der Waals surface area contributed by atoms with Crippen molar-refractivity contribution >= 4 is 58.1 Å². The molecule has 1 fully saturated rings. The van der Waals surface area contributed by atoms with Crippen molar-refractivity contribution in [3.63, 3.8) is 0 Å². The molecule has 1 aliphatic heterocycles. The van der Waals surface area contributed by atoms with Gasteiger partial charge in [-0.05, 0) is 30.3 Å². The number of thiophene rings is 1. The lowest BCUT2D eigenvalue weighted by Gasteiger charge is -2.35. The Kier molecular flexibility index (Phi) is 8.18. The minimum atomic E-state index is -5.13. The maximum atomic E-state index is 13.0. The molecule has 1 unspecified atom stereocenters. The molecule has 0 bridgehead atoms. The summed E-state index contributed by atoms with van der Waals surface area (Å²) in [5, 5.41) is 12.3. The number of amides is 3. The van der Waals surface area contributed by atoms with E-state index in [2.05, 4.69) is 5.32 Å². The number of benzene rings is 1. The molecule has 34 heavy (non-hydrogen) atoms. The molecule has 14 heteroatoms. The van der Waals surface area contributed by atoms with Gasteiger partial charge in [0.1, 0.15) is 5.84 Å². The summed E-state index contributed by atoms with van der Waals surface area (Å²) in [6.45, 7) is 0.797. The van der Waals surface area contributed by atoms with E-state index in [0.717, 1.165) is 11.3 Å². The first-order chi connectivity index (χ1) is 16.0. The van der Waals surface area contributed by atoms with Gasteiger partial charge in [0.2, 0.25) is 0 Å². The third-order valence-electron chi connectivity index (χ3n) is 4.67. The molecule has 1 aromatic heterocycles. The minimum Gasteiger partial charge on any atom is -0.377 e. The van der Waals surface area contributed by atoms with Gasteiger partial charge in [-0.1, -0.05) is 23.2 Å². The van der Waals surface area contributed by atoms with Gasteiger partial charge in [-0.25, -0.2) is 0 Å². The first kappa shape index (κ1) is 25.9. The first-order valence-electron chi connectivity index (χ1n) is 9.65. The average Bonchev–Trinajstić information content (AvgIpc) is 3.26. The highest BCUT2D eigenvalue weighted by atomic mass is 35.5. The van der Waals surface area contributed by atoms with Crippen LogP contribution in [-0.4, -0.2) is 67.0 Å². The molecule has 0 aliphatic carbocycles. The fraction of sp³-hybridized carbons (Fsp3) is 0.300. The minimum absolute atomic E-state index is 0.0293. The SMILES string of the molecule is N=C(NC(=O)C(F)(F)F)c1ccc(C(=O)NCC2COCCN2C(=O)c2cc(Cl)cc(Cl)c2)s1. The molecule has 0 saturated carbocycles. The molecular weight excluding hydrogens is 520 g/mol. The summed E-state index contributed by atoms with van der Waals surface area (Å²) in [6, 6.07) is 6.55. The summed E-state index contributed by atoms with van der Waals surface area (Å²) in [4.78, 5) is 38.1. The van der Waals surface area contributed by atoms with Gasteiger partial charge in [0.05, 0.1) is 29.0 Å². The summed E-state index contributed by atoms with van der Waals surface area (Å²) < 4.78 is 42.5. The molecule has 2 heterocycles. The molecule has 3 N–H and O–H groups in total. The van der Waals surface area contributed by atoms with Gasteiger partial charge >= 0.3 is 12.1 Å². The third kappa shape index (κ3) is 6.47. The van der Waals surface area contributed by atoms with Gasteiger partial charge in [0.15, 0.2) is 0 Å². The molecule has 8 nitrogen and oxygen atoms in total. The van der Waals surface area contributed by atoms with Crippen LogP contribution in [0.2, 0.25) is 10.0 Å². The summed E-state index contributed by atoms with van der Waals surface area (Å²) in [7, 11) is 0. The Morgan fingerprint density at radius 2 is 1.79 bits per heavy atom. The number of alkyl halides is 3. The molecule has 2 aromatic rings. The summed E-state index contributed by atoms with van der Waals surface area (Å²) >= 11 is 12.7. The van der Waals surface area contributed by atoms with Crippen LogP contribution in [0.4, 0.5) is 13.2 Å². The zero-order chi connectivity index (χ0) is 25.0. The van der Waals surface area contributed by atoms with Crippen LogP contribution in [-0.2, 0) is 9.53 Å². The number of amidine groups is 1. The topological polar surface area (TPSA) is 112 Å². The van der Waals surface area contributed by atoms with Crippen molar-refractivity contribution in [1.29, 1.82) is 5.41 Å². The second-order valence-electron chi connectivity index (χ2n) is 7.09. The largest absolute Gasteiger partial charge is 0.471 e. The Hall–Kier alpha value is -2.67. The standard InChI is InChI=1S/C20H17Cl2F3N4O4S/c21-11-5-10(6-12(22)7-11)18(31)29-3-4-33-9-13(29)8-27-17(30)15-2-1-14(34-15)16(26)28-19(32)20(23,24)25/h1-2,5-7,13H,3-4,8-9H2,(H,27,30)(H2,26,28,32). The van der Waals surface area contributed by atoms with E-state index in [0.29, 0.717) is 16.7 Å². The van der Waals surface area contributed by atoms with Crippen LogP contribution in [0.1, 0.15) is 24.9 Å². The highest BCUT2D eigenvalue weighted by Crippen LogP contribution is 2.22. The van der Waals surface area contributed by atoms with Crippen molar-refractivity contribution < 1.29 is 32.3 Å². The predicted molar refractivity (Wildman–Crippen MR) is 120 cm³/mol. The highest BCUT2D eigenvalue weighted by Gasteiger charge is 2.39. The maximum absolute atomic E-state index is 13.0.